The summed E-state index contributed by atoms with van der Waals surface area (Å²) >= 11 is 0. The molecule has 2 aromatic carbocycles. The average molecular weight is 483 g/mol. The first-order chi connectivity index (χ1) is 17.3. The number of hydrogen-bond acceptors (Lipinski definition) is 4. The number of hydrogen-bond donors (Lipinski definition) is 2. The molecule has 4 aromatic rings. The summed E-state index contributed by atoms with van der Waals surface area (Å²) in [5.41, 5.74) is 9.17. The molecule has 2 heterocycles. The van der Waals surface area contributed by atoms with Crippen LogP contribution in [0.4, 0.5) is 5.82 Å². The fourth-order valence-corrected chi connectivity index (χ4v) is 4.77. The number of pyridine rings is 1. The van der Waals surface area contributed by atoms with Crippen LogP contribution in [-0.2, 0) is 24.2 Å². The molecule has 2 N–H and O–H groups in total. The minimum absolute atomic E-state index is 0.424. The first kappa shape index (κ1) is 25.2. The van der Waals surface area contributed by atoms with E-state index >= 15 is 0 Å². The number of rotatable bonds is 10. The average Bonchev–Trinajstić information content (AvgIpc) is 3.31. The topological polar surface area (TPSA) is 75.4 Å². The SMILES string of the molecule is Cc1ccnc(NCc2coc(-c3ccc(CC(CCc4c(C)cc(C)cc4C)C(=O)O)cc3)c2)c1. The lowest BCUT2D eigenvalue weighted by Crippen LogP contribution is -2.18. The van der Waals surface area contributed by atoms with E-state index in [2.05, 4.69) is 43.2 Å². The van der Waals surface area contributed by atoms with Crippen molar-refractivity contribution in [2.24, 2.45) is 5.92 Å². The standard InChI is InChI=1S/C31H34N2O3/c1-20-11-12-32-30(15-20)33-18-25-17-29(36-19-25)26-7-5-24(6-8-26)16-27(31(34)35)9-10-28-22(3)13-21(2)14-23(28)4/h5-8,11-15,17,19,27H,9-10,16,18H2,1-4H3,(H,32,33)(H,34,35). The van der Waals surface area contributed by atoms with Crippen LogP contribution >= 0.6 is 0 Å². The summed E-state index contributed by atoms with van der Waals surface area (Å²) in [4.78, 5) is 16.3. The molecule has 0 aliphatic carbocycles. The van der Waals surface area contributed by atoms with Gasteiger partial charge in [-0.1, -0.05) is 42.0 Å². The Labute approximate surface area is 213 Å². The molecule has 1 atom stereocenters. The van der Waals surface area contributed by atoms with Gasteiger partial charge in [-0.3, -0.25) is 4.79 Å². The molecule has 36 heavy (non-hydrogen) atoms. The van der Waals surface area contributed by atoms with Crippen molar-refractivity contribution < 1.29 is 14.3 Å². The van der Waals surface area contributed by atoms with Crippen molar-refractivity contribution >= 4 is 11.8 Å². The maximum atomic E-state index is 12.0. The molecule has 5 heteroatoms. The van der Waals surface area contributed by atoms with Gasteiger partial charge in [0.25, 0.3) is 0 Å². The van der Waals surface area contributed by atoms with E-state index in [-0.39, 0.29) is 0 Å². The molecular formula is C31H34N2O3. The number of benzene rings is 2. The summed E-state index contributed by atoms with van der Waals surface area (Å²) < 4.78 is 5.79. The van der Waals surface area contributed by atoms with Crippen molar-refractivity contribution in [1.82, 2.24) is 4.98 Å². The van der Waals surface area contributed by atoms with Crippen molar-refractivity contribution in [2.75, 3.05) is 5.32 Å². The van der Waals surface area contributed by atoms with Crippen LogP contribution in [0, 0.1) is 33.6 Å². The summed E-state index contributed by atoms with van der Waals surface area (Å²) in [6.07, 6.45) is 5.44. The number of nitrogens with zero attached hydrogens (tertiary/aromatic N) is 1. The second kappa shape index (κ2) is 11.3. The van der Waals surface area contributed by atoms with Gasteiger partial charge in [0.2, 0.25) is 0 Å². The Balaban J connectivity index is 1.37. The van der Waals surface area contributed by atoms with Crippen molar-refractivity contribution in [3.63, 3.8) is 0 Å². The van der Waals surface area contributed by atoms with Crippen molar-refractivity contribution in [1.29, 1.82) is 0 Å². The Morgan fingerprint density at radius 3 is 2.33 bits per heavy atom. The predicted molar refractivity (Wildman–Crippen MR) is 144 cm³/mol. The summed E-state index contributed by atoms with van der Waals surface area (Å²) in [7, 11) is 0. The van der Waals surface area contributed by atoms with E-state index in [1.165, 1.54) is 22.3 Å². The molecule has 0 fully saturated rings. The van der Waals surface area contributed by atoms with Crippen LogP contribution in [0.2, 0.25) is 0 Å². The fraction of sp³-hybridized carbons (Fsp3) is 0.290. The monoisotopic (exact) mass is 482 g/mol. The maximum absolute atomic E-state index is 12.0. The van der Waals surface area contributed by atoms with E-state index in [0.29, 0.717) is 19.4 Å². The van der Waals surface area contributed by atoms with Gasteiger partial charge in [-0.05, 0) is 93.0 Å². The van der Waals surface area contributed by atoms with Gasteiger partial charge in [0, 0.05) is 23.9 Å². The molecule has 0 saturated carbocycles. The van der Waals surface area contributed by atoms with E-state index in [1.807, 2.05) is 49.4 Å². The zero-order chi connectivity index (χ0) is 25.7. The Morgan fingerprint density at radius 1 is 0.944 bits per heavy atom. The van der Waals surface area contributed by atoms with E-state index < -0.39 is 11.9 Å². The van der Waals surface area contributed by atoms with Gasteiger partial charge in [0.05, 0.1) is 12.2 Å². The van der Waals surface area contributed by atoms with Crippen LogP contribution in [-0.4, -0.2) is 16.1 Å². The summed E-state index contributed by atoms with van der Waals surface area (Å²) in [5, 5.41) is 13.2. The Bertz CT molecular complexity index is 1320. The first-order valence-electron chi connectivity index (χ1n) is 12.4. The van der Waals surface area contributed by atoms with Crippen molar-refractivity contribution in [2.45, 2.75) is 53.5 Å². The minimum atomic E-state index is -0.743. The van der Waals surface area contributed by atoms with E-state index in [9.17, 15) is 9.90 Å². The molecule has 5 nitrogen and oxygen atoms in total. The number of aliphatic carboxylic acids is 1. The Morgan fingerprint density at radius 2 is 1.67 bits per heavy atom. The second-order valence-corrected chi connectivity index (χ2v) is 9.74. The third-order valence-corrected chi connectivity index (χ3v) is 6.70. The van der Waals surface area contributed by atoms with Crippen LogP contribution in [0.5, 0.6) is 0 Å². The Hall–Kier alpha value is -3.86. The highest BCUT2D eigenvalue weighted by Crippen LogP contribution is 2.26. The maximum Gasteiger partial charge on any atom is 0.306 e. The van der Waals surface area contributed by atoms with Crippen LogP contribution < -0.4 is 5.32 Å². The zero-order valence-corrected chi connectivity index (χ0v) is 21.5. The van der Waals surface area contributed by atoms with Gasteiger partial charge in [-0.2, -0.15) is 0 Å². The predicted octanol–water partition coefficient (Wildman–Crippen LogP) is 7.06. The number of aromatic nitrogens is 1. The van der Waals surface area contributed by atoms with Crippen LogP contribution in [0.3, 0.4) is 0 Å². The number of furan rings is 1. The number of carboxylic acid groups (broad SMARTS) is 1. The molecule has 0 amide bonds. The third kappa shape index (κ3) is 6.42. The molecule has 186 valence electrons. The van der Waals surface area contributed by atoms with Gasteiger partial charge in [-0.25, -0.2) is 4.98 Å². The quantitative estimate of drug-likeness (QED) is 0.253. The molecule has 0 aliphatic rings. The molecule has 0 spiro atoms. The lowest BCUT2D eigenvalue weighted by atomic mass is 9.89. The van der Waals surface area contributed by atoms with Gasteiger partial charge in [0.1, 0.15) is 11.6 Å². The minimum Gasteiger partial charge on any atom is -0.481 e. The summed E-state index contributed by atoms with van der Waals surface area (Å²) in [6.45, 7) is 8.98. The molecule has 0 saturated heterocycles. The fourth-order valence-electron chi connectivity index (χ4n) is 4.77. The molecule has 1 unspecified atom stereocenters. The molecule has 0 bridgehead atoms. The molecule has 4 rings (SSSR count). The van der Waals surface area contributed by atoms with Crippen LogP contribution in [0.1, 0.15) is 45.4 Å². The molecule has 0 radical (unpaired) electrons. The highest BCUT2D eigenvalue weighted by Gasteiger charge is 2.19. The third-order valence-electron chi connectivity index (χ3n) is 6.70. The molecular weight excluding hydrogens is 448 g/mol. The van der Waals surface area contributed by atoms with E-state index in [4.69, 9.17) is 4.42 Å². The van der Waals surface area contributed by atoms with Gasteiger partial charge in [-0.15, -0.1) is 0 Å². The zero-order valence-electron chi connectivity index (χ0n) is 21.5. The van der Waals surface area contributed by atoms with Crippen LogP contribution in [0.25, 0.3) is 11.3 Å². The first-order valence-corrected chi connectivity index (χ1v) is 12.4. The highest BCUT2D eigenvalue weighted by molar-refractivity contribution is 5.70. The molecule has 2 aromatic heterocycles. The Kier molecular flexibility index (Phi) is 7.89. The number of nitrogens with one attached hydrogen (secondary N) is 1. The van der Waals surface area contributed by atoms with Gasteiger partial charge < -0.3 is 14.8 Å². The van der Waals surface area contributed by atoms with Gasteiger partial charge >= 0.3 is 5.97 Å². The number of anilines is 1. The lowest BCUT2D eigenvalue weighted by molar-refractivity contribution is -0.141. The van der Waals surface area contributed by atoms with E-state index in [0.717, 1.165) is 40.3 Å². The van der Waals surface area contributed by atoms with Crippen LogP contribution in [0.15, 0.2) is 71.5 Å². The van der Waals surface area contributed by atoms with Gasteiger partial charge in [0.15, 0.2) is 0 Å². The van der Waals surface area contributed by atoms with Crippen molar-refractivity contribution in [3.05, 3.63) is 106 Å². The second-order valence-electron chi connectivity index (χ2n) is 9.74. The number of aryl methyl sites for hydroxylation is 4. The smallest absolute Gasteiger partial charge is 0.306 e. The lowest BCUT2D eigenvalue weighted by Gasteiger charge is -2.16. The van der Waals surface area contributed by atoms with Crippen molar-refractivity contribution in [3.8, 4) is 11.3 Å². The summed E-state index contributed by atoms with van der Waals surface area (Å²) in [5.74, 6) is 0.457. The summed E-state index contributed by atoms with van der Waals surface area (Å²) in [6, 6.07) is 18.3. The number of carbonyl (C=O) groups is 1. The largest absolute Gasteiger partial charge is 0.481 e. The normalized spacial score (nSPS) is 11.9. The highest BCUT2D eigenvalue weighted by atomic mass is 16.4. The molecule has 0 aliphatic heterocycles. The van der Waals surface area contributed by atoms with E-state index in [1.54, 1.807) is 12.5 Å². The number of carboxylic acids is 1.